The number of aliphatic carboxylic acids is 1. The number of carboxylic acid groups (broad SMARTS) is 1. The van der Waals surface area contributed by atoms with Gasteiger partial charge in [0, 0.05) is 18.1 Å². The average molecular weight is 258 g/mol. The van der Waals surface area contributed by atoms with E-state index < -0.39 is 12.0 Å². The highest BCUT2D eigenvalue weighted by molar-refractivity contribution is 7.99. The van der Waals surface area contributed by atoms with Gasteiger partial charge in [-0.05, 0) is 19.4 Å². The van der Waals surface area contributed by atoms with Crippen LogP contribution in [0.2, 0.25) is 0 Å². The molecule has 6 heteroatoms. The van der Waals surface area contributed by atoms with Crippen molar-refractivity contribution in [3.63, 3.8) is 0 Å². The van der Waals surface area contributed by atoms with Crippen molar-refractivity contribution in [1.29, 1.82) is 0 Å². The van der Waals surface area contributed by atoms with Crippen LogP contribution in [0, 0.1) is 0 Å². The molecular formula is C11H18N2O3S. The maximum Gasteiger partial charge on any atom is 0.327 e. The van der Waals surface area contributed by atoms with E-state index >= 15 is 0 Å². The molecule has 2 N–H and O–H groups in total. The van der Waals surface area contributed by atoms with E-state index in [1.54, 1.807) is 16.7 Å². The lowest BCUT2D eigenvalue weighted by atomic mass is 10.0. The number of thioether (sulfide) groups is 1. The molecule has 0 aromatic rings. The van der Waals surface area contributed by atoms with Gasteiger partial charge >= 0.3 is 5.97 Å². The molecule has 2 aliphatic heterocycles. The van der Waals surface area contributed by atoms with Gasteiger partial charge in [0.25, 0.3) is 0 Å². The zero-order valence-corrected chi connectivity index (χ0v) is 10.5. The molecule has 0 radical (unpaired) electrons. The minimum Gasteiger partial charge on any atom is -0.480 e. The van der Waals surface area contributed by atoms with Crippen LogP contribution in [0.25, 0.3) is 0 Å². The molecular weight excluding hydrogens is 240 g/mol. The molecule has 0 spiro atoms. The molecule has 2 atom stereocenters. The normalized spacial score (nSPS) is 30.0. The molecule has 2 rings (SSSR count). The number of amides is 1. The van der Waals surface area contributed by atoms with Crippen LogP contribution in [0.15, 0.2) is 0 Å². The Balaban J connectivity index is 2.02. The first-order valence-corrected chi connectivity index (χ1v) is 7.20. The van der Waals surface area contributed by atoms with E-state index in [-0.39, 0.29) is 11.9 Å². The number of rotatable bonds is 2. The third kappa shape index (κ3) is 2.93. The van der Waals surface area contributed by atoms with Gasteiger partial charge in [-0.2, -0.15) is 11.8 Å². The van der Waals surface area contributed by atoms with Gasteiger partial charge in [-0.15, -0.1) is 0 Å². The van der Waals surface area contributed by atoms with E-state index in [2.05, 4.69) is 5.32 Å². The van der Waals surface area contributed by atoms with Gasteiger partial charge in [-0.3, -0.25) is 4.79 Å². The van der Waals surface area contributed by atoms with Gasteiger partial charge in [-0.1, -0.05) is 6.42 Å². The van der Waals surface area contributed by atoms with Crippen molar-refractivity contribution >= 4 is 23.6 Å². The number of hydrogen-bond donors (Lipinski definition) is 2. The fourth-order valence-electron chi connectivity index (χ4n) is 2.33. The van der Waals surface area contributed by atoms with Crippen molar-refractivity contribution < 1.29 is 14.7 Å². The highest BCUT2D eigenvalue weighted by atomic mass is 32.2. The van der Waals surface area contributed by atoms with Crippen LogP contribution >= 0.6 is 11.8 Å². The molecule has 1 amide bonds. The molecule has 2 aliphatic rings. The smallest absolute Gasteiger partial charge is 0.327 e. The zero-order valence-electron chi connectivity index (χ0n) is 9.72. The predicted molar refractivity (Wildman–Crippen MR) is 66.1 cm³/mol. The van der Waals surface area contributed by atoms with Crippen molar-refractivity contribution in [3.05, 3.63) is 0 Å². The Morgan fingerprint density at radius 3 is 2.82 bits per heavy atom. The second-order valence-corrected chi connectivity index (χ2v) is 5.61. The lowest BCUT2D eigenvalue weighted by Crippen LogP contribution is -2.56. The molecule has 17 heavy (non-hydrogen) atoms. The van der Waals surface area contributed by atoms with E-state index in [0.717, 1.165) is 31.6 Å². The molecule has 1 unspecified atom stereocenters. The van der Waals surface area contributed by atoms with E-state index in [1.807, 2.05) is 0 Å². The first-order valence-electron chi connectivity index (χ1n) is 6.04. The van der Waals surface area contributed by atoms with E-state index in [0.29, 0.717) is 12.3 Å². The van der Waals surface area contributed by atoms with E-state index in [9.17, 15) is 9.59 Å². The fraction of sp³-hybridized carbons (Fsp3) is 0.818. The lowest BCUT2D eigenvalue weighted by molar-refractivity contribution is -0.150. The van der Waals surface area contributed by atoms with Crippen LogP contribution in [0.3, 0.4) is 0 Å². The summed E-state index contributed by atoms with van der Waals surface area (Å²) in [4.78, 5) is 24.9. The Labute approximate surface area is 105 Å². The summed E-state index contributed by atoms with van der Waals surface area (Å²) in [5.74, 6) is 0.425. The fourth-order valence-corrected chi connectivity index (χ4v) is 3.37. The van der Waals surface area contributed by atoms with Gasteiger partial charge in [0.1, 0.15) is 6.04 Å². The molecule has 0 aromatic carbocycles. The van der Waals surface area contributed by atoms with Crippen LogP contribution in [0.4, 0.5) is 0 Å². The second-order valence-electron chi connectivity index (χ2n) is 4.46. The molecule has 2 fully saturated rings. The average Bonchev–Trinajstić information content (AvgIpc) is 2.39. The maximum absolute atomic E-state index is 12.3. The summed E-state index contributed by atoms with van der Waals surface area (Å²) in [6, 6.07) is -0.821. The number of carboxylic acids is 1. The van der Waals surface area contributed by atoms with Gasteiger partial charge in [0.15, 0.2) is 0 Å². The summed E-state index contributed by atoms with van der Waals surface area (Å²) in [5.41, 5.74) is 0. The number of nitrogens with one attached hydrogen (secondary N) is 1. The number of nitrogens with zero attached hydrogens (tertiary/aromatic N) is 1. The Kier molecular flexibility index (Phi) is 4.28. The molecule has 0 bridgehead atoms. The van der Waals surface area contributed by atoms with E-state index in [4.69, 9.17) is 5.11 Å². The minimum absolute atomic E-state index is 0.0302. The molecule has 2 heterocycles. The molecule has 5 nitrogen and oxygen atoms in total. The van der Waals surface area contributed by atoms with Crippen molar-refractivity contribution in [2.75, 3.05) is 24.6 Å². The van der Waals surface area contributed by atoms with Crippen LogP contribution in [0.1, 0.15) is 19.3 Å². The quantitative estimate of drug-likeness (QED) is 0.738. The van der Waals surface area contributed by atoms with Crippen LogP contribution in [0.5, 0.6) is 0 Å². The molecule has 0 saturated carbocycles. The third-order valence-electron chi connectivity index (χ3n) is 3.31. The SMILES string of the molecule is O=C(O)C1CSCCN1C(=O)[C@H]1CCCCN1. The van der Waals surface area contributed by atoms with Crippen molar-refractivity contribution in [3.8, 4) is 0 Å². The summed E-state index contributed by atoms with van der Waals surface area (Å²) in [7, 11) is 0. The van der Waals surface area contributed by atoms with Crippen molar-refractivity contribution in [2.24, 2.45) is 0 Å². The summed E-state index contributed by atoms with van der Waals surface area (Å²) >= 11 is 1.60. The Morgan fingerprint density at radius 1 is 1.35 bits per heavy atom. The highest BCUT2D eigenvalue weighted by Gasteiger charge is 2.35. The van der Waals surface area contributed by atoms with E-state index in [1.165, 1.54) is 0 Å². The second kappa shape index (κ2) is 5.73. The molecule has 0 aliphatic carbocycles. The first kappa shape index (κ1) is 12.7. The van der Waals surface area contributed by atoms with Gasteiger partial charge in [-0.25, -0.2) is 4.79 Å². The van der Waals surface area contributed by atoms with Gasteiger partial charge in [0.05, 0.1) is 6.04 Å². The third-order valence-corrected chi connectivity index (χ3v) is 4.33. The number of carbonyl (C=O) groups excluding carboxylic acids is 1. The number of carbonyl (C=O) groups is 2. The highest BCUT2D eigenvalue weighted by Crippen LogP contribution is 2.19. The van der Waals surface area contributed by atoms with Gasteiger partial charge in [0.2, 0.25) is 5.91 Å². The van der Waals surface area contributed by atoms with Crippen LogP contribution in [-0.2, 0) is 9.59 Å². The van der Waals surface area contributed by atoms with Gasteiger partial charge < -0.3 is 15.3 Å². The molecule has 0 aromatic heterocycles. The largest absolute Gasteiger partial charge is 0.480 e. The molecule has 2 saturated heterocycles. The standard InChI is InChI=1S/C11H18N2O3S/c14-10(8-3-1-2-4-12-8)13-5-6-17-7-9(13)11(15)16/h8-9,12H,1-7H2,(H,15,16)/t8-,9?/m1/s1. The Bertz CT molecular complexity index is 305. The summed E-state index contributed by atoms with van der Waals surface area (Å²) in [6.07, 6.45) is 2.97. The van der Waals surface area contributed by atoms with Crippen LogP contribution in [-0.4, -0.2) is 58.6 Å². The predicted octanol–water partition coefficient (Wildman–Crippen LogP) is 0.157. The first-order chi connectivity index (χ1) is 8.20. The topological polar surface area (TPSA) is 69.6 Å². The minimum atomic E-state index is -0.888. The van der Waals surface area contributed by atoms with Crippen molar-refractivity contribution in [1.82, 2.24) is 10.2 Å². The van der Waals surface area contributed by atoms with Crippen molar-refractivity contribution in [2.45, 2.75) is 31.3 Å². The molecule has 96 valence electrons. The Morgan fingerprint density at radius 2 is 2.18 bits per heavy atom. The number of hydrogen-bond acceptors (Lipinski definition) is 4. The monoisotopic (exact) mass is 258 g/mol. The maximum atomic E-state index is 12.3. The van der Waals surface area contributed by atoms with Crippen LogP contribution < -0.4 is 5.32 Å². The summed E-state index contributed by atoms with van der Waals surface area (Å²) < 4.78 is 0. The Hall–Kier alpha value is -0.750. The zero-order chi connectivity index (χ0) is 12.3. The number of piperidine rings is 1. The lowest BCUT2D eigenvalue weighted by Gasteiger charge is -2.36. The summed E-state index contributed by atoms with van der Waals surface area (Å²) in [5, 5.41) is 12.3. The summed E-state index contributed by atoms with van der Waals surface area (Å²) in [6.45, 7) is 1.41.